The van der Waals surface area contributed by atoms with Gasteiger partial charge in [-0.25, -0.2) is 9.59 Å². The fourth-order valence-corrected chi connectivity index (χ4v) is 3.17. The molecule has 2 aromatic carbocycles. The first-order valence-electron chi connectivity index (χ1n) is 10.3. The van der Waals surface area contributed by atoms with Crippen molar-refractivity contribution < 1.29 is 29.4 Å². The van der Waals surface area contributed by atoms with Gasteiger partial charge in [0.2, 0.25) is 11.8 Å². The van der Waals surface area contributed by atoms with Crippen LogP contribution in [0.4, 0.5) is 11.4 Å². The SMILES string of the molecule is C/C(=C\C(C)(C)c1ccc(NC(=O)/C=C/C(=O)O)cc1)c1ccc(NC(=O)/C=C/C(=O)O)cc1. The summed E-state index contributed by atoms with van der Waals surface area (Å²) in [4.78, 5) is 44.4. The van der Waals surface area contributed by atoms with Crippen molar-refractivity contribution >= 4 is 40.7 Å². The van der Waals surface area contributed by atoms with Gasteiger partial charge in [0.05, 0.1) is 0 Å². The number of anilines is 2. The number of carboxylic acid groups (broad SMARTS) is 2. The van der Waals surface area contributed by atoms with Crippen LogP contribution in [0, 0.1) is 0 Å². The van der Waals surface area contributed by atoms with Crippen LogP contribution in [-0.2, 0) is 24.6 Å². The molecule has 0 saturated carbocycles. The van der Waals surface area contributed by atoms with Crippen LogP contribution in [0.15, 0.2) is 78.9 Å². The van der Waals surface area contributed by atoms with Crippen LogP contribution in [0.5, 0.6) is 0 Å². The fraction of sp³-hybridized carbons (Fsp3) is 0.154. The molecule has 8 nitrogen and oxygen atoms in total. The summed E-state index contributed by atoms with van der Waals surface area (Å²) >= 11 is 0. The smallest absolute Gasteiger partial charge is 0.328 e. The Hall–Kier alpha value is -4.46. The first-order chi connectivity index (χ1) is 16.0. The summed E-state index contributed by atoms with van der Waals surface area (Å²) in [7, 11) is 0. The van der Waals surface area contributed by atoms with E-state index < -0.39 is 23.8 Å². The van der Waals surface area contributed by atoms with Gasteiger partial charge >= 0.3 is 11.9 Å². The first-order valence-corrected chi connectivity index (χ1v) is 10.3. The van der Waals surface area contributed by atoms with Crippen molar-refractivity contribution in [3.8, 4) is 0 Å². The zero-order valence-corrected chi connectivity index (χ0v) is 19.0. The summed E-state index contributed by atoms with van der Waals surface area (Å²) in [5.74, 6) is -3.44. The molecule has 0 unspecified atom stereocenters. The minimum Gasteiger partial charge on any atom is -0.478 e. The Morgan fingerprint density at radius 1 is 0.706 bits per heavy atom. The average Bonchev–Trinajstić information content (AvgIpc) is 2.77. The van der Waals surface area contributed by atoms with Crippen LogP contribution in [0.2, 0.25) is 0 Å². The number of nitrogens with one attached hydrogen (secondary N) is 2. The third-order valence-corrected chi connectivity index (χ3v) is 4.84. The second-order valence-corrected chi connectivity index (χ2v) is 8.03. The number of amides is 2. The molecule has 2 amide bonds. The van der Waals surface area contributed by atoms with Crippen molar-refractivity contribution in [1.82, 2.24) is 0 Å². The molecule has 0 heterocycles. The lowest BCUT2D eigenvalue weighted by Crippen LogP contribution is -2.15. The van der Waals surface area contributed by atoms with Gasteiger partial charge in [0.1, 0.15) is 0 Å². The number of carbonyl (C=O) groups excluding carboxylic acids is 2. The number of benzene rings is 2. The minimum absolute atomic E-state index is 0.329. The van der Waals surface area contributed by atoms with Gasteiger partial charge in [-0.15, -0.1) is 0 Å². The summed E-state index contributed by atoms with van der Waals surface area (Å²) in [5, 5.41) is 22.4. The van der Waals surface area contributed by atoms with Crippen LogP contribution in [0.1, 0.15) is 31.9 Å². The van der Waals surface area contributed by atoms with E-state index in [4.69, 9.17) is 10.2 Å². The van der Waals surface area contributed by atoms with Crippen LogP contribution < -0.4 is 10.6 Å². The quantitative estimate of drug-likeness (QED) is 0.412. The highest BCUT2D eigenvalue weighted by Gasteiger charge is 2.18. The highest BCUT2D eigenvalue weighted by Crippen LogP contribution is 2.30. The van der Waals surface area contributed by atoms with E-state index in [1.54, 1.807) is 24.3 Å². The molecule has 0 aliphatic heterocycles. The largest absolute Gasteiger partial charge is 0.478 e. The predicted molar refractivity (Wildman–Crippen MR) is 130 cm³/mol. The highest BCUT2D eigenvalue weighted by molar-refractivity contribution is 6.03. The number of aliphatic carboxylic acids is 2. The molecule has 0 saturated heterocycles. The van der Waals surface area contributed by atoms with E-state index in [2.05, 4.69) is 30.6 Å². The second kappa shape index (κ2) is 11.4. The molecule has 2 aromatic rings. The molecule has 34 heavy (non-hydrogen) atoms. The van der Waals surface area contributed by atoms with Gasteiger partial charge in [-0.3, -0.25) is 9.59 Å². The van der Waals surface area contributed by atoms with E-state index in [0.29, 0.717) is 11.4 Å². The summed E-state index contributed by atoms with van der Waals surface area (Å²) in [5.41, 5.74) is 3.76. The summed E-state index contributed by atoms with van der Waals surface area (Å²) in [6.07, 6.45) is 5.56. The zero-order valence-electron chi connectivity index (χ0n) is 19.0. The molecule has 8 heteroatoms. The fourth-order valence-electron chi connectivity index (χ4n) is 3.17. The van der Waals surface area contributed by atoms with Gasteiger partial charge in [-0.05, 0) is 47.9 Å². The molecule has 0 fully saturated rings. The summed E-state index contributed by atoms with van der Waals surface area (Å²) in [6.45, 7) is 6.10. The predicted octanol–water partition coefficient (Wildman–Crippen LogP) is 4.23. The Balaban J connectivity index is 2.08. The lowest BCUT2D eigenvalue weighted by Gasteiger charge is -2.23. The van der Waals surface area contributed by atoms with Gasteiger partial charge in [0, 0.05) is 41.1 Å². The second-order valence-electron chi connectivity index (χ2n) is 8.03. The van der Waals surface area contributed by atoms with E-state index >= 15 is 0 Å². The molecule has 4 N–H and O–H groups in total. The standard InChI is InChI=1S/C26H26N2O6/c1-17(18-4-8-20(9-5-18)27-22(29)12-14-24(31)32)16-26(2,3)19-6-10-21(11-7-19)28-23(30)13-15-25(33)34/h4-16H,1-3H3,(H,27,29)(H,28,30)(H,31,32)(H,33,34)/b14-12+,15-13+,17-16+. The Labute approximate surface area is 197 Å². The Morgan fingerprint density at radius 3 is 1.53 bits per heavy atom. The van der Waals surface area contributed by atoms with E-state index in [1.807, 2.05) is 31.2 Å². The molecular weight excluding hydrogens is 436 g/mol. The molecule has 0 atom stereocenters. The Bertz CT molecular complexity index is 1160. The third-order valence-electron chi connectivity index (χ3n) is 4.84. The molecule has 0 aromatic heterocycles. The lowest BCUT2D eigenvalue weighted by atomic mass is 9.82. The molecule has 0 spiro atoms. The maximum atomic E-state index is 11.7. The van der Waals surface area contributed by atoms with E-state index in [0.717, 1.165) is 41.0 Å². The number of carboxylic acids is 2. The Kier molecular flexibility index (Phi) is 8.66. The molecule has 0 aliphatic rings. The van der Waals surface area contributed by atoms with Gasteiger partial charge in [-0.1, -0.05) is 44.2 Å². The van der Waals surface area contributed by atoms with Crippen molar-refractivity contribution in [2.75, 3.05) is 10.6 Å². The average molecular weight is 463 g/mol. The lowest BCUT2D eigenvalue weighted by molar-refractivity contribution is -0.132. The summed E-state index contributed by atoms with van der Waals surface area (Å²) < 4.78 is 0. The molecule has 0 radical (unpaired) electrons. The zero-order chi connectivity index (χ0) is 25.3. The monoisotopic (exact) mass is 462 g/mol. The van der Waals surface area contributed by atoms with Gasteiger partial charge in [0.25, 0.3) is 0 Å². The van der Waals surface area contributed by atoms with E-state index in [-0.39, 0.29) is 5.41 Å². The van der Waals surface area contributed by atoms with Gasteiger partial charge < -0.3 is 20.8 Å². The molecular formula is C26H26N2O6. The van der Waals surface area contributed by atoms with Crippen molar-refractivity contribution in [3.63, 3.8) is 0 Å². The Morgan fingerprint density at radius 2 is 1.12 bits per heavy atom. The van der Waals surface area contributed by atoms with E-state index in [1.165, 1.54) is 0 Å². The van der Waals surface area contributed by atoms with Crippen LogP contribution in [0.25, 0.3) is 5.57 Å². The van der Waals surface area contributed by atoms with Gasteiger partial charge in [0.15, 0.2) is 0 Å². The molecule has 0 aliphatic carbocycles. The highest BCUT2D eigenvalue weighted by atomic mass is 16.4. The van der Waals surface area contributed by atoms with Crippen molar-refractivity contribution in [3.05, 3.63) is 90.0 Å². The maximum absolute atomic E-state index is 11.7. The van der Waals surface area contributed by atoms with Crippen molar-refractivity contribution in [1.29, 1.82) is 0 Å². The number of carbonyl (C=O) groups is 4. The molecule has 0 bridgehead atoms. The summed E-state index contributed by atoms with van der Waals surface area (Å²) in [6, 6.07) is 14.5. The van der Waals surface area contributed by atoms with Crippen LogP contribution in [0.3, 0.4) is 0 Å². The van der Waals surface area contributed by atoms with Crippen molar-refractivity contribution in [2.45, 2.75) is 26.2 Å². The molecule has 176 valence electrons. The number of hydrogen-bond acceptors (Lipinski definition) is 4. The first kappa shape index (κ1) is 25.8. The number of allylic oxidation sites excluding steroid dienone is 2. The van der Waals surface area contributed by atoms with E-state index in [9.17, 15) is 19.2 Å². The van der Waals surface area contributed by atoms with Gasteiger partial charge in [-0.2, -0.15) is 0 Å². The normalized spacial score (nSPS) is 12.0. The minimum atomic E-state index is -1.19. The maximum Gasteiger partial charge on any atom is 0.328 e. The van der Waals surface area contributed by atoms with Crippen molar-refractivity contribution in [2.24, 2.45) is 0 Å². The third kappa shape index (κ3) is 8.23. The van der Waals surface area contributed by atoms with Crippen LogP contribution >= 0.6 is 0 Å². The van der Waals surface area contributed by atoms with Crippen LogP contribution in [-0.4, -0.2) is 34.0 Å². The number of rotatable bonds is 9. The number of hydrogen-bond donors (Lipinski definition) is 4. The molecule has 2 rings (SSSR count). The topological polar surface area (TPSA) is 133 Å².